The lowest BCUT2D eigenvalue weighted by Crippen LogP contribution is -2.14. The van der Waals surface area contributed by atoms with Crippen molar-refractivity contribution >= 4 is 11.9 Å². The third-order valence-electron chi connectivity index (χ3n) is 5.63. The van der Waals surface area contributed by atoms with Crippen LogP contribution >= 0.6 is 0 Å². The molecule has 4 rings (SSSR count). The van der Waals surface area contributed by atoms with Gasteiger partial charge in [-0.25, -0.2) is 9.59 Å². The van der Waals surface area contributed by atoms with Crippen molar-refractivity contribution in [2.75, 3.05) is 7.11 Å². The fourth-order valence-corrected chi connectivity index (χ4v) is 3.94. The predicted molar refractivity (Wildman–Crippen MR) is 133 cm³/mol. The first-order valence-electron chi connectivity index (χ1n) is 11.0. The molecule has 0 aliphatic rings. The molecule has 0 fully saturated rings. The van der Waals surface area contributed by atoms with Crippen molar-refractivity contribution < 1.29 is 19.4 Å². The zero-order valence-electron chi connectivity index (χ0n) is 18.8. The molecule has 5 nitrogen and oxygen atoms in total. The number of hydrogen-bond donors (Lipinski definition) is 2. The zero-order valence-corrected chi connectivity index (χ0v) is 18.8. The number of hydrogen-bond acceptors (Lipinski definition) is 4. The van der Waals surface area contributed by atoms with Gasteiger partial charge in [0.05, 0.1) is 18.2 Å². The summed E-state index contributed by atoms with van der Waals surface area (Å²) < 4.78 is 4.96. The van der Waals surface area contributed by atoms with Crippen LogP contribution in [0, 0.1) is 0 Å². The van der Waals surface area contributed by atoms with E-state index in [1.54, 1.807) is 12.1 Å². The Morgan fingerprint density at radius 1 is 0.706 bits per heavy atom. The minimum Gasteiger partial charge on any atom is -0.478 e. The number of carbonyl (C=O) groups is 2. The molecule has 4 aromatic rings. The second-order valence-electron chi connectivity index (χ2n) is 7.89. The number of rotatable bonds is 8. The highest BCUT2D eigenvalue weighted by atomic mass is 16.5. The molecule has 0 amide bonds. The largest absolute Gasteiger partial charge is 0.478 e. The fraction of sp³-hybridized carbons (Fsp3) is 0.103. The molecule has 0 aromatic heterocycles. The lowest BCUT2D eigenvalue weighted by atomic mass is 9.96. The van der Waals surface area contributed by atoms with E-state index in [0.29, 0.717) is 24.2 Å². The van der Waals surface area contributed by atoms with E-state index < -0.39 is 5.97 Å². The monoisotopic (exact) mass is 451 g/mol. The van der Waals surface area contributed by atoms with E-state index in [-0.39, 0.29) is 11.5 Å². The van der Waals surface area contributed by atoms with Gasteiger partial charge in [-0.05, 0) is 57.6 Å². The van der Waals surface area contributed by atoms with Crippen LogP contribution in [0.3, 0.4) is 0 Å². The van der Waals surface area contributed by atoms with Crippen molar-refractivity contribution in [1.82, 2.24) is 5.32 Å². The molecule has 0 unspecified atom stereocenters. The molecule has 5 heteroatoms. The highest BCUT2D eigenvalue weighted by Gasteiger charge is 2.15. The number of esters is 1. The Hall–Kier alpha value is -4.22. The van der Waals surface area contributed by atoms with Crippen molar-refractivity contribution in [2.45, 2.75) is 13.1 Å². The number of carboxylic acid groups (broad SMARTS) is 1. The average Bonchev–Trinajstić information content (AvgIpc) is 2.89. The van der Waals surface area contributed by atoms with Crippen molar-refractivity contribution in [1.29, 1.82) is 0 Å². The summed E-state index contributed by atoms with van der Waals surface area (Å²) in [5, 5.41) is 13.0. The highest BCUT2D eigenvalue weighted by Crippen LogP contribution is 2.27. The lowest BCUT2D eigenvalue weighted by molar-refractivity contribution is 0.0600. The Morgan fingerprint density at radius 2 is 1.18 bits per heavy atom. The molecule has 0 aliphatic carbocycles. The van der Waals surface area contributed by atoms with Crippen LogP contribution in [0.25, 0.3) is 22.3 Å². The summed E-state index contributed by atoms with van der Waals surface area (Å²) in [5.74, 6) is -1.32. The Kier molecular flexibility index (Phi) is 7.16. The van der Waals surface area contributed by atoms with E-state index in [1.807, 2.05) is 84.9 Å². The van der Waals surface area contributed by atoms with E-state index in [2.05, 4.69) is 5.32 Å². The van der Waals surface area contributed by atoms with Gasteiger partial charge in [0.1, 0.15) is 0 Å². The highest BCUT2D eigenvalue weighted by molar-refractivity contribution is 5.97. The van der Waals surface area contributed by atoms with Gasteiger partial charge < -0.3 is 15.2 Å². The fourth-order valence-electron chi connectivity index (χ4n) is 3.94. The van der Waals surface area contributed by atoms with Crippen molar-refractivity contribution in [3.05, 3.63) is 119 Å². The van der Waals surface area contributed by atoms with Crippen LogP contribution in [-0.4, -0.2) is 24.2 Å². The van der Waals surface area contributed by atoms with Crippen molar-refractivity contribution in [3.8, 4) is 22.3 Å². The number of benzene rings is 4. The molecular formula is C29H25NO4. The summed E-state index contributed by atoms with van der Waals surface area (Å²) >= 11 is 0. The van der Waals surface area contributed by atoms with Crippen LogP contribution < -0.4 is 5.32 Å². The molecule has 0 bridgehead atoms. The topological polar surface area (TPSA) is 75.6 Å². The third kappa shape index (κ3) is 5.22. The molecular weight excluding hydrogens is 426 g/mol. The average molecular weight is 452 g/mol. The number of carbonyl (C=O) groups excluding carboxylic acids is 1. The van der Waals surface area contributed by atoms with E-state index in [0.717, 1.165) is 27.8 Å². The summed E-state index contributed by atoms with van der Waals surface area (Å²) in [6.45, 7) is 1.15. The number of carboxylic acids is 1. The smallest absolute Gasteiger partial charge is 0.338 e. The van der Waals surface area contributed by atoms with Crippen molar-refractivity contribution in [2.24, 2.45) is 0 Å². The van der Waals surface area contributed by atoms with Crippen LogP contribution in [0.2, 0.25) is 0 Å². The Morgan fingerprint density at radius 3 is 1.65 bits per heavy atom. The number of aromatic carboxylic acids is 1. The second kappa shape index (κ2) is 10.6. The van der Waals surface area contributed by atoms with Gasteiger partial charge in [-0.3, -0.25) is 0 Å². The molecule has 0 saturated carbocycles. The van der Waals surface area contributed by atoms with E-state index >= 15 is 0 Å². The lowest BCUT2D eigenvalue weighted by Gasteiger charge is -2.13. The molecule has 170 valence electrons. The van der Waals surface area contributed by atoms with Gasteiger partial charge in [-0.2, -0.15) is 0 Å². The predicted octanol–water partition coefficient (Wildman–Crippen LogP) is 5.80. The molecule has 0 saturated heterocycles. The summed E-state index contributed by atoms with van der Waals surface area (Å²) in [5.41, 5.74) is 6.14. The minimum atomic E-state index is -0.947. The molecule has 0 aliphatic heterocycles. The second-order valence-corrected chi connectivity index (χ2v) is 7.89. The van der Waals surface area contributed by atoms with Gasteiger partial charge >= 0.3 is 11.9 Å². The van der Waals surface area contributed by atoms with Gasteiger partial charge in [0.15, 0.2) is 0 Å². The van der Waals surface area contributed by atoms with Crippen LogP contribution in [-0.2, 0) is 17.8 Å². The first-order chi connectivity index (χ1) is 16.6. The van der Waals surface area contributed by atoms with E-state index in [1.165, 1.54) is 7.11 Å². The zero-order chi connectivity index (χ0) is 23.9. The van der Waals surface area contributed by atoms with Crippen LogP contribution in [0.15, 0.2) is 97.1 Å². The standard InChI is InChI=1S/C29H25NO4/c1-34-29(33)25-15-13-21(17-27(25)23-10-6-3-7-11-23)19-30-18-20-12-14-24(28(31)32)26(16-20)22-8-4-2-5-9-22/h2-17,30H,18-19H2,1H3,(H,31,32). The van der Waals surface area contributed by atoms with Gasteiger partial charge in [0.2, 0.25) is 0 Å². The number of ether oxygens (including phenoxy) is 1. The normalized spacial score (nSPS) is 10.6. The van der Waals surface area contributed by atoms with Crippen molar-refractivity contribution in [3.63, 3.8) is 0 Å². The van der Waals surface area contributed by atoms with Gasteiger partial charge in [0.25, 0.3) is 0 Å². The molecule has 0 spiro atoms. The SMILES string of the molecule is COC(=O)c1ccc(CNCc2ccc(C(=O)O)c(-c3ccccc3)c2)cc1-c1ccccc1. The van der Waals surface area contributed by atoms with Gasteiger partial charge in [0, 0.05) is 13.1 Å². The summed E-state index contributed by atoms with van der Waals surface area (Å²) in [6, 6.07) is 30.4. The van der Waals surface area contributed by atoms with Crippen LogP contribution in [0.4, 0.5) is 0 Å². The van der Waals surface area contributed by atoms with Crippen LogP contribution in [0.1, 0.15) is 31.8 Å². The Labute approximate surface area is 198 Å². The van der Waals surface area contributed by atoms with Gasteiger partial charge in [-0.1, -0.05) is 72.8 Å². The first-order valence-corrected chi connectivity index (χ1v) is 11.0. The molecule has 4 aromatic carbocycles. The molecule has 34 heavy (non-hydrogen) atoms. The summed E-state index contributed by atoms with van der Waals surface area (Å²) in [6.07, 6.45) is 0. The molecule has 0 radical (unpaired) electrons. The maximum Gasteiger partial charge on any atom is 0.338 e. The molecule has 0 heterocycles. The first kappa shape index (κ1) is 23.0. The number of nitrogens with one attached hydrogen (secondary N) is 1. The summed E-state index contributed by atoms with van der Waals surface area (Å²) in [4.78, 5) is 24.0. The summed E-state index contributed by atoms with van der Waals surface area (Å²) in [7, 11) is 1.38. The molecule has 2 N–H and O–H groups in total. The maximum absolute atomic E-state index is 12.3. The maximum atomic E-state index is 12.3. The minimum absolute atomic E-state index is 0.279. The quantitative estimate of drug-likeness (QED) is 0.331. The van der Waals surface area contributed by atoms with E-state index in [9.17, 15) is 14.7 Å². The Balaban J connectivity index is 1.54. The molecule has 0 atom stereocenters. The van der Waals surface area contributed by atoms with Crippen LogP contribution in [0.5, 0.6) is 0 Å². The number of methoxy groups -OCH3 is 1. The third-order valence-corrected chi connectivity index (χ3v) is 5.63. The van der Waals surface area contributed by atoms with Gasteiger partial charge in [-0.15, -0.1) is 0 Å². The Bertz CT molecular complexity index is 1300. The van der Waals surface area contributed by atoms with E-state index in [4.69, 9.17) is 4.74 Å².